The fourth-order valence-electron chi connectivity index (χ4n) is 1.73. The lowest BCUT2D eigenvalue weighted by molar-refractivity contribution is 0.444. The van der Waals surface area contributed by atoms with Crippen molar-refractivity contribution >= 4 is 35.8 Å². The van der Waals surface area contributed by atoms with Crippen molar-refractivity contribution in [1.82, 2.24) is 4.98 Å². The summed E-state index contributed by atoms with van der Waals surface area (Å²) in [5.74, 6) is 0.244. The van der Waals surface area contributed by atoms with E-state index in [4.69, 9.17) is 16.6 Å². The summed E-state index contributed by atoms with van der Waals surface area (Å²) < 4.78 is 5.16. The molecule has 1 aliphatic heterocycles. The maximum atomic E-state index is 9.53. The number of benzene rings is 1. The van der Waals surface area contributed by atoms with E-state index in [0.717, 1.165) is 16.8 Å². The van der Waals surface area contributed by atoms with Crippen molar-refractivity contribution in [2.24, 2.45) is 4.99 Å². The minimum absolute atomic E-state index is 0.0692. The molecule has 2 heterocycles. The Morgan fingerprint density at radius 1 is 1.35 bits per heavy atom. The van der Waals surface area contributed by atoms with Crippen molar-refractivity contribution in [2.75, 3.05) is 0 Å². The van der Waals surface area contributed by atoms with Gasteiger partial charge in [0.05, 0.1) is 5.69 Å². The molecule has 2 aromatic rings. The Balaban J connectivity index is 2.11. The second-order valence-corrected chi connectivity index (χ2v) is 3.97. The number of nitrogens with zero attached hydrogens (tertiary/aromatic N) is 1. The Labute approximate surface area is 102 Å². The number of allylic oxidation sites excluding steroid dienone is 1. The molecule has 0 fully saturated rings. The molecule has 0 atom stereocenters. The van der Waals surface area contributed by atoms with E-state index in [-0.39, 0.29) is 10.7 Å². The van der Waals surface area contributed by atoms with Crippen LogP contribution in [0.4, 0.5) is 5.69 Å². The first kappa shape index (κ1) is 10.0. The molecule has 0 spiro atoms. The number of nitrogens with one attached hydrogen (secondary N) is 1. The van der Waals surface area contributed by atoms with Gasteiger partial charge >= 0.3 is 0 Å². The van der Waals surface area contributed by atoms with Crippen LogP contribution in [-0.2, 0) is 0 Å². The zero-order valence-electron chi connectivity index (χ0n) is 8.68. The van der Waals surface area contributed by atoms with Gasteiger partial charge in [0.25, 0.3) is 4.84 Å². The number of para-hydroxylation sites is 1. The molecule has 1 aromatic carbocycles. The molecule has 0 saturated heterocycles. The average molecular weight is 244 g/mol. The first-order chi connectivity index (χ1) is 8.24. The number of aromatic amines is 1. The van der Waals surface area contributed by atoms with Gasteiger partial charge in [0.1, 0.15) is 0 Å². The van der Waals surface area contributed by atoms with E-state index in [0.29, 0.717) is 5.76 Å². The summed E-state index contributed by atoms with van der Waals surface area (Å²) in [6.07, 6.45) is 3.44. The molecular formula is C12H8N2O2S. The number of H-pyrrole nitrogens is 1. The van der Waals surface area contributed by atoms with Crippen LogP contribution in [-0.4, -0.2) is 16.3 Å². The third-order valence-electron chi connectivity index (χ3n) is 2.50. The molecular weight excluding hydrogens is 236 g/mol. The molecule has 1 aromatic heterocycles. The number of hydrogen-bond acceptors (Lipinski definition) is 4. The highest BCUT2D eigenvalue weighted by molar-refractivity contribution is 7.71. The SMILES string of the molecule is Oc1[nH]c(=S)oc1C=C1C=Nc2ccccc21. The van der Waals surface area contributed by atoms with E-state index in [1.165, 1.54) is 0 Å². The zero-order chi connectivity index (χ0) is 11.8. The van der Waals surface area contributed by atoms with Gasteiger partial charge in [0.15, 0.2) is 5.76 Å². The Morgan fingerprint density at radius 3 is 2.94 bits per heavy atom. The highest BCUT2D eigenvalue weighted by Gasteiger charge is 2.13. The van der Waals surface area contributed by atoms with E-state index in [2.05, 4.69) is 9.98 Å². The van der Waals surface area contributed by atoms with Gasteiger partial charge in [-0.25, -0.2) is 0 Å². The predicted molar refractivity (Wildman–Crippen MR) is 68.0 cm³/mol. The fourth-order valence-corrected chi connectivity index (χ4v) is 1.91. The largest absolute Gasteiger partial charge is 0.492 e. The number of fused-ring (bicyclic) bond motifs is 1. The standard InChI is InChI=1S/C12H8N2O2S/c15-11-10(16-12(17)14-11)5-7-6-13-9-4-2-1-3-8(7)9/h1-6,15H,(H,14,17). The second-order valence-electron chi connectivity index (χ2n) is 3.60. The molecule has 3 rings (SSSR count). The van der Waals surface area contributed by atoms with Crippen LogP contribution >= 0.6 is 12.2 Å². The molecule has 84 valence electrons. The molecule has 0 amide bonds. The Kier molecular flexibility index (Phi) is 2.19. The van der Waals surface area contributed by atoms with Crippen LogP contribution in [0.15, 0.2) is 33.7 Å². The van der Waals surface area contributed by atoms with Crippen molar-refractivity contribution in [3.8, 4) is 5.88 Å². The van der Waals surface area contributed by atoms with Gasteiger partial charge in [-0.2, -0.15) is 0 Å². The van der Waals surface area contributed by atoms with Crippen molar-refractivity contribution in [3.63, 3.8) is 0 Å². The summed E-state index contributed by atoms with van der Waals surface area (Å²) in [5, 5.41) is 9.53. The normalized spacial score (nSPS) is 15.4. The van der Waals surface area contributed by atoms with Gasteiger partial charge < -0.3 is 9.52 Å². The molecule has 0 bridgehead atoms. The van der Waals surface area contributed by atoms with Crippen LogP contribution in [0.1, 0.15) is 11.3 Å². The van der Waals surface area contributed by atoms with E-state index < -0.39 is 0 Å². The van der Waals surface area contributed by atoms with Gasteiger partial charge in [0.2, 0.25) is 5.88 Å². The maximum absolute atomic E-state index is 9.53. The van der Waals surface area contributed by atoms with Gasteiger partial charge in [-0.05, 0) is 24.4 Å². The van der Waals surface area contributed by atoms with Crippen LogP contribution in [0.3, 0.4) is 0 Å². The molecule has 0 saturated carbocycles. The third-order valence-corrected chi connectivity index (χ3v) is 2.69. The molecule has 2 N–H and O–H groups in total. The monoisotopic (exact) mass is 244 g/mol. The van der Waals surface area contributed by atoms with Crippen LogP contribution in [0.25, 0.3) is 11.6 Å². The molecule has 5 heteroatoms. The molecule has 1 aliphatic rings. The summed E-state index contributed by atoms with van der Waals surface area (Å²) in [6.45, 7) is 0. The van der Waals surface area contributed by atoms with Gasteiger partial charge in [-0.3, -0.25) is 9.98 Å². The number of aliphatic imine (C=N–C) groups is 1. The third kappa shape index (κ3) is 1.70. The highest BCUT2D eigenvalue weighted by atomic mass is 32.1. The second kappa shape index (κ2) is 3.71. The van der Waals surface area contributed by atoms with Crippen LogP contribution in [0.2, 0.25) is 0 Å². The van der Waals surface area contributed by atoms with Gasteiger partial charge in [-0.15, -0.1) is 0 Å². The van der Waals surface area contributed by atoms with Crippen molar-refractivity contribution in [2.45, 2.75) is 0 Å². The van der Waals surface area contributed by atoms with Gasteiger partial charge in [0, 0.05) is 17.4 Å². The van der Waals surface area contributed by atoms with E-state index >= 15 is 0 Å². The average Bonchev–Trinajstić information content (AvgIpc) is 2.85. The summed E-state index contributed by atoms with van der Waals surface area (Å²) in [6, 6.07) is 7.76. The number of rotatable bonds is 1. The molecule has 0 unspecified atom stereocenters. The topological polar surface area (TPSA) is 61.5 Å². The van der Waals surface area contributed by atoms with Gasteiger partial charge in [-0.1, -0.05) is 18.2 Å². The van der Waals surface area contributed by atoms with Crippen molar-refractivity contribution < 1.29 is 9.52 Å². The maximum Gasteiger partial charge on any atom is 0.269 e. The first-order valence-electron chi connectivity index (χ1n) is 5.01. The predicted octanol–water partition coefficient (Wildman–Crippen LogP) is 3.30. The van der Waals surface area contributed by atoms with Crippen LogP contribution in [0.5, 0.6) is 5.88 Å². The minimum atomic E-state index is -0.0692. The molecule has 0 radical (unpaired) electrons. The fraction of sp³-hybridized carbons (Fsp3) is 0. The number of oxazole rings is 1. The number of aromatic nitrogens is 1. The highest BCUT2D eigenvalue weighted by Crippen LogP contribution is 2.33. The van der Waals surface area contributed by atoms with Crippen molar-refractivity contribution in [1.29, 1.82) is 0 Å². The van der Waals surface area contributed by atoms with E-state index in [1.807, 2.05) is 24.3 Å². The Bertz CT molecular complexity index is 695. The summed E-state index contributed by atoms with van der Waals surface area (Å²) in [5.41, 5.74) is 2.80. The quantitative estimate of drug-likeness (QED) is 0.756. The number of aromatic hydroxyl groups is 1. The van der Waals surface area contributed by atoms with Crippen molar-refractivity contribution in [3.05, 3.63) is 40.4 Å². The summed E-state index contributed by atoms with van der Waals surface area (Å²) in [7, 11) is 0. The van der Waals surface area contributed by atoms with Crippen LogP contribution in [0, 0.1) is 4.84 Å². The first-order valence-corrected chi connectivity index (χ1v) is 5.42. The molecule has 4 nitrogen and oxygen atoms in total. The molecule has 0 aliphatic carbocycles. The smallest absolute Gasteiger partial charge is 0.269 e. The lowest BCUT2D eigenvalue weighted by Gasteiger charge is -1.97. The minimum Gasteiger partial charge on any atom is -0.492 e. The van der Waals surface area contributed by atoms with E-state index in [9.17, 15) is 5.11 Å². The van der Waals surface area contributed by atoms with E-state index in [1.54, 1.807) is 12.3 Å². The Morgan fingerprint density at radius 2 is 2.18 bits per heavy atom. The molecule has 17 heavy (non-hydrogen) atoms. The summed E-state index contributed by atoms with van der Waals surface area (Å²) in [4.78, 5) is 6.93. The number of hydrogen-bond donors (Lipinski definition) is 2. The van der Waals surface area contributed by atoms with Crippen LogP contribution < -0.4 is 0 Å². The lowest BCUT2D eigenvalue weighted by atomic mass is 10.1. The Hall–Kier alpha value is -2.14. The lowest BCUT2D eigenvalue weighted by Crippen LogP contribution is -1.79. The zero-order valence-corrected chi connectivity index (χ0v) is 9.49. The summed E-state index contributed by atoms with van der Waals surface area (Å²) >= 11 is 4.79.